The molecule has 0 unspecified atom stereocenters. The lowest BCUT2D eigenvalue weighted by atomic mass is 10.1. The zero-order valence-corrected chi connectivity index (χ0v) is 16.8. The van der Waals surface area contributed by atoms with Gasteiger partial charge < -0.3 is 10.6 Å². The fourth-order valence-electron chi connectivity index (χ4n) is 3.57. The SMILES string of the molecule is Cc1ccc(-c2nnn(CC(=O)Nc3ccccc3C(=O)NC3CCCC3)n2)cc1. The van der Waals surface area contributed by atoms with Crippen LogP contribution in [0.3, 0.4) is 0 Å². The highest BCUT2D eigenvalue weighted by Crippen LogP contribution is 2.20. The van der Waals surface area contributed by atoms with Crippen LogP contribution in [0.5, 0.6) is 0 Å². The number of anilines is 1. The number of amides is 2. The molecule has 2 amide bonds. The third kappa shape index (κ3) is 4.71. The molecule has 2 aromatic carbocycles. The molecule has 0 aliphatic heterocycles. The van der Waals surface area contributed by atoms with E-state index in [9.17, 15) is 9.59 Å². The van der Waals surface area contributed by atoms with Crippen molar-refractivity contribution in [3.63, 3.8) is 0 Å². The Morgan fingerprint density at radius 2 is 1.80 bits per heavy atom. The van der Waals surface area contributed by atoms with Crippen LogP contribution in [0.25, 0.3) is 11.4 Å². The molecule has 8 nitrogen and oxygen atoms in total. The van der Waals surface area contributed by atoms with E-state index >= 15 is 0 Å². The molecule has 0 bridgehead atoms. The molecule has 154 valence electrons. The van der Waals surface area contributed by atoms with Gasteiger partial charge in [0.2, 0.25) is 11.7 Å². The molecule has 0 spiro atoms. The fraction of sp³-hybridized carbons (Fsp3) is 0.318. The van der Waals surface area contributed by atoms with Crippen molar-refractivity contribution in [2.75, 3.05) is 5.32 Å². The van der Waals surface area contributed by atoms with E-state index in [0.29, 0.717) is 17.1 Å². The van der Waals surface area contributed by atoms with E-state index < -0.39 is 0 Å². The van der Waals surface area contributed by atoms with Crippen molar-refractivity contribution in [1.29, 1.82) is 0 Å². The quantitative estimate of drug-likeness (QED) is 0.658. The summed E-state index contributed by atoms with van der Waals surface area (Å²) in [7, 11) is 0. The first kappa shape index (κ1) is 19.8. The molecule has 1 aliphatic carbocycles. The van der Waals surface area contributed by atoms with Gasteiger partial charge in [0, 0.05) is 11.6 Å². The molecule has 0 saturated heterocycles. The van der Waals surface area contributed by atoms with E-state index in [4.69, 9.17) is 0 Å². The highest BCUT2D eigenvalue weighted by Gasteiger charge is 2.20. The van der Waals surface area contributed by atoms with Gasteiger partial charge in [0.15, 0.2) is 0 Å². The van der Waals surface area contributed by atoms with Gasteiger partial charge in [-0.15, -0.1) is 10.2 Å². The number of nitrogens with one attached hydrogen (secondary N) is 2. The van der Waals surface area contributed by atoms with Crippen LogP contribution >= 0.6 is 0 Å². The summed E-state index contributed by atoms with van der Waals surface area (Å²) in [6.07, 6.45) is 4.28. The maximum atomic E-state index is 12.6. The van der Waals surface area contributed by atoms with E-state index in [-0.39, 0.29) is 24.4 Å². The smallest absolute Gasteiger partial charge is 0.253 e. The van der Waals surface area contributed by atoms with Gasteiger partial charge in [0.1, 0.15) is 6.54 Å². The summed E-state index contributed by atoms with van der Waals surface area (Å²) in [5.74, 6) is -0.0403. The molecule has 30 heavy (non-hydrogen) atoms. The zero-order valence-electron chi connectivity index (χ0n) is 16.8. The van der Waals surface area contributed by atoms with Gasteiger partial charge in [-0.05, 0) is 37.1 Å². The molecule has 1 aliphatic rings. The largest absolute Gasteiger partial charge is 0.349 e. The standard InChI is InChI=1S/C22H24N6O2/c1-15-10-12-16(13-11-15)21-25-27-28(26-21)14-20(29)24-19-9-5-4-8-18(19)22(30)23-17-6-2-3-7-17/h4-5,8-13,17H,2-3,6-7,14H2,1H3,(H,23,30)(H,24,29). The van der Waals surface area contributed by atoms with E-state index in [1.807, 2.05) is 31.2 Å². The molecule has 0 radical (unpaired) electrons. The number of hydrogen-bond donors (Lipinski definition) is 2. The summed E-state index contributed by atoms with van der Waals surface area (Å²) < 4.78 is 0. The van der Waals surface area contributed by atoms with Gasteiger partial charge in [-0.3, -0.25) is 9.59 Å². The molecular formula is C22H24N6O2. The lowest BCUT2D eigenvalue weighted by Gasteiger charge is -2.14. The molecule has 8 heteroatoms. The number of aromatic nitrogens is 4. The van der Waals surface area contributed by atoms with Crippen LogP contribution < -0.4 is 10.6 Å². The monoisotopic (exact) mass is 404 g/mol. The Morgan fingerprint density at radius 1 is 1.07 bits per heavy atom. The molecule has 1 aromatic heterocycles. The van der Waals surface area contributed by atoms with E-state index in [1.165, 1.54) is 4.80 Å². The average Bonchev–Trinajstić information content (AvgIpc) is 3.41. The summed E-state index contributed by atoms with van der Waals surface area (Å²) in [5.41, 5.74) is 2.89. The number of aryl methyl sites for hydroxylation is 1. The first-order chi connectivity index (χ1) is 14.6. The van der Waals surface area contributed by atoms with Gasteiger partial charge in [0.25, 0.3) is 5.91 Å². The maximum absolute atomic E-state index is 12.6. The molecular weight excluding hydrogens is 380 g/mol. The Hall–Kier alpha value is -3.55. The highest BCUT2D eigenvalue weighted by atomic mass is 16.2. The Morgan fingerprint density at radius 3 is 2.57 bits per heavy atom. The minimum absolute atomic E-state index is 0.0998. The lowest BCUT2D eigenvalue weighted by Crippen LogP contribution is -2.33. The Bertz CT molecular complexity index is 1040. The molecule has 2 N–H and O–H groups in total. The van der Waals surface area contributed by atoms with Crippen molar-refractivity contribution in [3.05, 3.63) is 59.7 Å². The van der Waals surface area contributed by atoms with Crippen LogP contribution in [-0.2, 0) is 11.3 Å². The summed E-state index contributed by atoms with van der Waals surface area (Å²) >= 11 is 0. The van der Waals surface area contributed by atoms with Crippen molar-refractivity contribution in [3.8, 4) is 11.4 Å². The topological polar surface area (TPSA) is 102 Å². The Balaban J connectivity index is 1.41. The van der Waals surface area contributed by atoms with Crippen LogP contribution in [0.4, 0.5) is 5.69 Å². The molecule has 4 rings (SSSR count). The number of hydrogen-bond acceptors (Lipinski definition) is 5. The van der Waals surface area contributed by atoms with Gasteiger partial charge >= 0.3 is 0 Å². The molecule has 1 fully saturated rings. The van der Waals surface area contributed by atoms with E-state index in [1.54, 1.807) is 24.3 Å². The number of carbonyl (C=O) groups excluding carboxylic acids is 2. The van der Waals surface area contributed by atoms with Crippen molar-refractivity contribution in [2.45, 2.75) is 45.2 Å². The van der Waals surface area contributed by atoms with Crippen LogP contribution in [-0.4, -0.2) is 38.1 Å². The number of rotatable bonds is 6. The Kier molecular flexibility index (Phi) is 5.83. The number of para-hydroxylation sites is 1. The second-order valence-electron chi connectivity index (χ2n) is 7.56. The third-order valence-corrected chi connectivity index (χ3v) is 5.18. The second kappa shape index (κ2) is 8.86. The molecule has 1 heterocycles. The molecule has 0 atom stereocenters. The van der Waals surface area contributed by atoms with Crippen LogP contribution in [0.15, 0.2) is 48.5 Å². The van der Waals surface area contributed by atoms with Gasteiger partial charge in [-0.2, -0.15) is 4.80 Å². The van der Waals surface area contributed by atoms with E-state index in [0.717, 1.165) is 36.8 Å². The minimum atomic E-state index is -0.330. The molecule has 3 aromatic rings. The predicted octanol–water partition coefficient (Wildman–Crippen LogP) is 2.96. The lowest BCUT2D eigenvalue weighted by molar-refractivity contribution is -0.117. The summed E-state index contributed by atoms with van der Waals surface area (Å²) in [5, 5.41) is 18.1. The first-order valence-corrected chi connectivity index (χ1v) is 10.1. The van der Waals surface area contributed by atoms with E-state index in [2.05, 4.69) is 26.0 Å². The van der Waals surface area contributed by atoms with Crippen LogP contribution in [0, 0.1) is 6.92 Å². The van der Waals surface area contributed by atoms with Crippen molar-refractivity contribution in [1.82, 2.24) is 25.5 Å². The van der Waals surface area contributed by atoms with Crippen LogP contribution in [0.2, 0.25) is 0 Å². The Labute approximate surface area is 174 Å². The summed E-state index contributed by atoms with van der Waals surface area (Å²) in [4.78, 5) is 26.4. The molecule has 1 saturated carbocycles. The van der Waals surface area contributed by atoms with Crippen molar-refractivity contribution >= 4 is 17.5 Å². The fourth-order valence-corrected chi connectivity index (χ4v) is 3.57. The first-order valence-electron chi connectivity index (χ1n) is 10.1. The average molecular weight is 404 g/mol. The zero-order chi connectivity index (χ0) is 20.9. The third-order valence-electron chi connectivity index (χ3n) is 5.18. The number of benzene rings is 2. The second-order valence-corrected chi connectivity index (χ2v) is 7.56. The predicted molar refractivity (Wildman–Crippen MR) is 113 cm³/mol. The number of carbonyl (C=O) groups is 2. The minimum Gasteiger partial charge on any atom is -0.349 e. The maximum Gasteiger partial charge on any atom is 0.253 e. The normalized spacial score (nSPS) is 13.9. The van der Waals surface area contributed by atoms with Gasteiger partial charge in [-0.25, -0.2) is 0 Å². The van der Waals surface area contributed by atoms with Crippen molar-refractivity contribution in [2.24, 2.45) is 0 Å². The number of nitrogens with zero attached hydrogens (tertiary/aromatic N) is 4. The summed E-state index contributed by atoms with van der Waals surface area (Å²) in [6.45, 7) is 1.90. The van der Waals surface area contributed by atoms with Gasteiger partial charge in [0.05, 0.1) is 11.3 Å². The highest BCUT2D eigenvalue weighted by molar-refractivity contribution is 6.03. The summed E-state index contributed by atoms with van der Waals surface area (Å²) in [6, 6.07) is 15.0. The number of tetrazole rings is 1. The van der Waals surface area contributed by atoms with Crippen LogP contribution in [0.1, 0.15) is 41.6 Å². The van der Waals surface area contributed by atoms with Crippen molar-refractivity contribution < 1.29 is 9.59 Å². The van der Waals surface area contributed by atoms with Gasteiger partial charge in [-0.1, -0.05) is 54.8 Å².